The van der Waals surface area contributed by atoms with Gasteiger partial charge in [0.25, 0.3) is 6.43 Å². The maximum absolute atomic E-state index is 12.4. The van der Waals surface area contributed by atoms with Crippen molar-refractivity contribution in [2.75, 3.05) is 0 Å². The van der Waals surface area contributed by atoms with Crippen LogP contribution in [0.25, 0.3) is 0 Å². The highest BCUT2D eigenvalue weighted by Crippen LogP contribution is 2.26. The van der Waals surface area contributed by atoms with Crippen LogP contribution in [-0.2, 0) is 6.54 Å². The zero-order chi connectivity index (χ0) is 10.0. The lowest BCUT2D eigenvalue weighted by Crippen LogP contribution is -2.06. The fraction of sp³-hybridized carbons (Fsp3) is 0.375. The van der Waals surface area contributed by atoms with Crippen LogP contribution >= 0.6 is 11.6 Å². The van der Waals surface area contributed by atoms with Gasteiger partial charge in [-0.05, 0) is 13.0 Å². The molecule has 13 heavy (non-hydrogen) atoms. The van der Waals surface area contributed by atoms with Gasteiger partial charge >= 0.3 is 0 Å². The molecule has 0 radical (unpaired) electrons. The third kappa shape index (κ3) is 2.14. The minimum Gasteiger partial charge on any atom is -0.325 e. The number of nitrogens with two attached hydrogens (primary N) is 1. The molecular weight excluding hydrogens is 198 g/mol. The normalized spacial score (nSPS) is 10.9. The molecular formula is C8H9ClF2N2. The van der Waals surface area contributed by atoms with E-state index in [0.717, 1.165) is 0 Å². The molecule has 72 valence electrons. The minimum absolute atomic E-state index is 0.00230. The van der Waals surface area contributed by atoms with Gasteiger partial charge in [0.05, 0.1) is 16.4 Å². The van der Waals surface area contributed by atoms with Crippen LogP contribution in [0.5, 0.6) is 0 Å². The molecule has 0 fully saturated rings. The molecule has 0 aromatic carbocycles. The quantitative estimate of drug-likeness (QED) is 0.807. The van der Waals surface area contributed by atoms with E-state index >= 15 is 0 Å². The summed E-state index contributed by atoms with van der Waals surface area (Å²) < 4.78 is 24.7. The monoisotopic (exact) mass is 206 g/mol. The molecule has 1 aromatic rings. The van der Waals surface area contributed by atoms with Gasteiger partial charge in [-0.2, -0.15) is 0 Å². The van der Waals surface area contributed by atoms with Crippen LogP contribution < -0.4 is 5.73 Å². The Balaban J connectivity index is 3.25. The Morgan fingerprint density at radius 3 is 2.69 bits per heavy atom. The van der Waals surface area contributed by atoms with E-state index in [-0.39, 0.29) is 22.8 Å². The predicted molar refractivity (Wildman–Crippen MR) is 46.8 cm³/mol. The topological polar surface area (TPSA) is 38.9 Å². The van der Waals surface area contributed by atoms with E-state index in [0.29, 0.717) is 5.69 Å². The number of alkyl halides is 2. The highest BCUT2D eigenvalue weighted by Gasteiger charge is 2.15. The molecule has 0 aliphatic rings. The van der Waals surface area contributed by atoms with Crippen LogP contribution in [0.2, 0.25) is 5.02 Å². The summed E-state index contributed by atoms with van der Waals surface area (Å²) in [5, 5.41) is 0.243. The van der Waals surface area contributed by atoms with Gasteiger partial charge in [0.2, 0.25) is 0 Å². The zero-order valence-corrected chi connectivity index (χ0v) is 7.78. The Hall–Kier alpha value is -0.740. The van der Waals surface area contributed by atoms with Gasteiger partial charge in [-0.25, -0.2) is 8.78 Å². The number of halogens is 3. The molecule has 2 N–H and O–H groups in total. The Morgan fingerprint density at radius 1 is 1.62 bits per heavy atom. The third-order valence-electron chi connectivity index (χ3n) is 1.69. The van der Waals surface area contributed by atoms with Gasteiger partial charge < -0.3 is 5.73 Å². The van der Waals surface area contributed by atoms with Crippen molar-refractivity contribution in [2.45, 2.75) is 19.9 Å². The number of rotatable bonds is 2. The Kier molecular flexibility index (Phi) is 3.17. The van der Waals surface area contributed by atoms with E-state index in [9.17, 15) is 8.78 Å². The number of pyridine rings is 1. The van der Waals surface area contributed by atoms with Crippen molar-refractivity contribution >= 4 is 11.6 Å². The molecule has 0 aliphatic heterocycles. The Morgan fingerprint density at radius 2 is 2.23 bits per heavy atom. The fourth-order valence-corrected chi connectivity index (χ4v) is 1.16. The molecule has 0 atom stereocenters. The van der Waals surface area contributed by atoms with Gasteiger partial charge in [0, 0.05) is 12.1 Å². The molecule has 5 heteroatoms. The van der Waals surface area contributed by atoms with Crippen molar-refractivity contribution in [2.24, 2.45) is 5.73 Å². The van der Waals surface area contributed by atoms with E-state index in [1.807, 2.05) is 0 Å². The number of hydrogen-bond donors (Lipinski definition) is 1. The summed E-state index contributed by atoms with van der Waals surface area (Å²) in [6.07, 6.45) is -2.58. The van der Waals surface area contributed by atoms with Crippen molar-refractivity contribution in [3.63, 3.8) is 0 Å². The minimum atomic E-state index is -2.58. The van der Waals surface area contributed by atoms with Gasteiger partial charge in [-0.3, -0.25) is 4.98 Å². The second-order valence-electron chi connectivity index (χ2n) is 2.60. The van der Waals surface area contributed by atoms with Crippen LogP contribution in [0.3, 0.4) is 0 Å². The highest BCUT2D eigenvalue weighted by molar-refractivity contribution is 6.31. The smallest absolute Gasteiger partial charge is 0.265 e. The molecule has 0 unspecified atom stereocenters. The average Bonchev–Trinajstić information content (AvgIpc) is 2.08. The van der Waals surface area contributed by atoms with Crippen molar-refractivity contribution < 1.29 is 8.78 Å². The van der Waals surface area contributed by atoms with Gasteiger partial charge in [0.1, 0.15) is 0 Å². The third-order valence-corrected chi connectivity index (χ3v) is 2.07. The summed E-state index contributed by atoms with van der Waals surface area (Å²) in [5.74, 6) is 0. The molecule has 0 amide bonds. The number of hydrogen-bond acceptors (Lipinski definition) is 2. The first-order valence-electron chi connectivity index (χ1n) is 3.70. The van der Waals surface area contributed by atoms with Crippen molar-refractivity contribution in [3.8, 4) is 0 Å². The molecule has 0 aliphatic carbocycles. The summed E-state index contributed by atoms with van der Waals surface area (Å²) in [6, 6.07) is 1.22. The molecule has 1 heterocycles. The average molecular weight is 207 g/mol. The number of aryl methyl sites for hydroxylation is 1. The summed E-state index contributed by atoms with van der Waals surface area (Å²) in [4.78, 5) is 3.88. The lowest BCUT2D eigenvalue weighted by Gasteiger charge is -2.08. The Labute approximate surface area is 79.7 Å². The van der Waals surface area contributed by atoms with E-state index < -0.39 is 6.43 Å². The van der Waals surface area contributed by atoms with Gasteiger partial charge in [-0.15, -0.1) is 0 Å². The maximum Gasteiger partial charge on any atom is 0.265 e. The van der Waals surface area contributed by atoms with E-state index in [1.165, 1.54) is 6.07 Å². The van der Waals surface area contributed by atoms with Crippen LogP contribution in [0, 0.1) is 6.92 Å². The standard InChI is InChI=1S/C8H9ClF2N2/c1-4-6(9)2-5(8(10)11)7(3-12)13-4/h2,8H,3,12H2,1H3. The zero-order valence-electron chi connectivity index (χ0n) is 7.02. The van der Waals surface area contributed by atoms with Gasteiger partial charge in [-0.1, -0.05) is 11.6 Å². The summed E-state index contributed by atoms with van der Waals surface area (Å²) >= 11 is 5.65. The summed E-state index contributed by atoms with van der Waals surface area (Å²) in [7, 11) is 0. The lowest BCUT2D eigenvalue weighted by atomic mass is 10.2. The maximum atomic E-state index is 12.4. The SMILES string of the molecule is Cc1nc(CN)c(C(F)F)cc1Cl. The second kappa shape index (κ2) is 3.98. The molecule has 0 saturated carbocycles. The van der Waals surface area contributed by atoms with E-state index in [4.69, 9.17) is 17.3 Å². The van der Waals surface area contributed by atoms with Crippen molar-refractivity contribution in [1.82, 2.24) is 4.98 Å². The first-order chi connectivity index (χ1) is 6.06. The van der Waals surface area contributed by atoms with Crippen molar-refractivity contribution in [1.29, 1.82) is 0 Å². The largest absolute Gasteiger partial charge is 0.325 e. The fourth-order valence-electron chi connectivity index (χ4n) is 0.997. The van der Waals surface area contributed by atoms with Crippen LogP contribution in [-0.4, -0.2) is 4.98 Å². The van der Waals surface area contributed by atoms with Crippen LogP contribution in [0.1, 0.15) is 23.4 Å². The molecule has 1 rings (SSSR count). The summed E-state index contributed by atoms with van der Waals surface area (Å²) in [6.45, 7) is 1.65. The molecule has 0 spiro atoms. The van der Waals surface area contributed by atoms with Gasteiger partial charge in [0.15, 0.2) is 0 Å². The predicted octanol–water partition coefficient (Wildman–Crippen LogP) is 2.44. The lowest BCUT2D eigenvalue weighted by molar-refractivity contribution is 0.149. The van der Waals surface area contributed by atoms with Crippen LogP contribution in [0.15, 0.2) is 6.07 Å². The summed E-state index contributed by atoms with van der Waals surface area (Å²) in [5.41, 5.74) is 5.81. The molecule has 2 nitrogen and oxygen atoms in total. The molecule has 1 aromatic heterocycles. The molecule has 0 saturated heterocycles. The highest BCUT2D eigenvalue weighted by atomic mass is 35.5. The van der Waals surface area contributed by atoms with Crippen LogP contribution in [0.4, 0.5) is 8.78 Å². The van der Waals surface area contributed by atoms with Crippen molar-refractivity contribution in [3.05, 3.63) is 28.0 Å². The van der Waals surface area contributed by atoms with E-state index in [1.54, 1.807) is 6.92 Å². The Bertz CT molecular complexity index is 315. The second-order valence-corrected chi connectivity index (χ2v) is 3.00. The first-order valence-corrected chi connectivity index (χ1v) is 4.08. The number of nitrogens with zero attached hydrogens (tertiary/aromatic N) is 1. The first kappa shape index (κ1) is 10.3. The number of aromatic nitrogens is 1. The van der Waals surface area contributed by atoms with E-state index in [2.05, 4.69) is 4.98 Å². The molecule has 0 bridgehead atoms.